The van der Waals surface area contributed by atoms with Crippen molar-refractivity contribution < 1.29 is 9.47 Å². The molecule has 2 aromatic rings. The van der Waals surface area contributed by atoms with Crippen molar-refractivity contribution in [2.24, 2.45) is 5.41 Å². The van der Waals surface area contributed by atoms with Crippen molar-refractivity contribution in [3.63, 3.8) is 0 Å². The number of nitrogens with zero attached hydrogens (tertiary/aromatic N) is 5. The predicted octanol–water partition coefficient (Wildman–Crippen LogP) is 1.11. The standard InChI is InChI=1S/C17H21N5O2/c1-23-16-20-6-14(7-21-16)8-22-9-17(10-22)3-15(24-11-17)2-13-4-18-12-19-5-13/h4-7,12,15H,2-3,8-11H2,1H3/t15-/m1/s1. The molecule has 0 amide bonds. The first-order chi connectivity index (χ1) is 11.7. The molecule has 2 saturated heterocycles. The van der Waals surface area contributed by atoms with Gasteiger partial charge in [-0.1, -0.05) is 0 Å². The largest absolute Gasteiger partial charge is 0.467 e. The lowest BCUT2D eigenvalue weighted by Crippen LogP contribution is -2.56. The summed E-state index contributed by atoms with van der Waals surface area (Å²) in [5, 5.41) is 0. The van der Waals surface area contributed by atoms with Crippen molar-refractivity contribution in [2.45, 2.75) is 25.5 Å². The first-order valence-corrected chi connectivity index (χ1v) is 8.17. The summed E-state index contributed by atoms with van der Waals surface area (Å²) in [7, 11) is 1.58. The van der Waals surface area contributed by atoms with Crippen LogP contribution in [0.15, 0.2) is 31.1 Å². The molecule has 1 spiro atoms. The van der Waals surface area contributed by atoms with Crippen LogP contribution in [0.5, 0.6) is 6.01 Å². The van der Waals surface area contributed by atoms with E-state index in [1.54, 1.807) is 13.4 Å². The Bertz CT molecular complexity index is 673. The Morgan fingerprint density at radius 3 is 2.62 bits per heavy atom. The van der Waals surface area contributed by atoms with E-state index in [2.05, 4.69) is 24.8 Å². The molecule has 2 aliphatic rings. The molecule has 126 valence electrons. The van der Waals surface area contributed by atoms with E-state index in [0.29, 0.717) is 11.4 Å². The Morgan fingerprint density at radius 2 is 1.92 bits per heavy atom. The molecule has 2 fully saturated rings. The molecule has 0 N–H and O–H groups in total. The maximum absolute atomic E-state index is 6.02. The van der Waals surface area contributed by atoms with Crippen molar-refractivity contribution in [2.75, 3.05) is 26.8 Å². The average Bonchev–Trinajstić information content (AvgIpc) is 3.00. The number of methoxy groups -OCH3 is 1. The smallest absolute Gasteiger partial charge is 0.316 e. The van der Waals surface area contributed by atoms with Gasteiger partial charge in [0.25, 0.3) is 0 Å². The van der Waals surface area contributed by atoms with Crippen molar-refractivity contribution in [1.82, 2.24) is 24.8 Å². The number of likely N-dealkylation sites (tertiary alicyclic amines) is 1. The molecule has 0 bridgehead atoms. The Labute approximate surface area is 141 Å². The van der Waals surface area contributed by atoms with Gasteiger partial charge in [0, 0.05) is 61.8 Å². The number of hydrogen-bond acceptors (Lipinski definition) is 7. The van der Waals surface area contributed by atoms with E-state index in [-0.39, 0.29) is 6.10 Å². The van der Waals surface area contributed by atoms with Crippen LogP contribution in [-0.4, -0.2) is 57.7 Å². The van der Waals surface area contributed by atoms with E-state index < -0.39 is 0 Å². The van der Waals surface area contributed by atoms with Crippen LogP contribution in [0, 0.1) is 5.41 Å². The van der Waals surface area contributed by atoms with Crippen molar-refractivity contribution >= 4 is 0 Å². The topological polar surface area (TPSA) is 73.3 Å². The van der Waals surface area contributed by atoms with E-state index in [9.17, 15) is 0 Å². The van der Waals surface area contributed by atoms with E-state index in [1.807, 2.05) is 24.8 Å². The van der Waals surface area contributed by atoms with E-state index in [1.165, 1.54) is 0 Å². The molecule has 24 heavy (non-hydrogen) atoms. The average molecular weight is 327 g/mol. The van der Waals surface area contributed by atoms with Gasteiger partial charge in [0.1, 0.15) is 6.33 Å². The molecule has 7 heteroatoms. The fourth-order valence-electron chi connectivity index (χ4n) is 3.75. The normalized spacial score (nSPS) is 22.5. The first kappa shape index (κ1) is 15.4. The molecular weight excluding hydrogens is 306 g/mol. The van der Waals surface area contributed by atoms with Gasteiger partial charge < -0.3 is 9.47 Å². The lowest BCUT2D eigenvalue weighted by Gasteiger charge is -2.47. The van der Waals surface area contributed by atoms with Gasteiger partial charge in [0.15, 0.2) is 0 Å². The Kier molecular flexibility index (Phi) is 4.12. The quantitative estimate of drug-likeness (QED) is 0.814. The first-order valence-electron chi connectivity index (χ1n) is 8.17. The summed E-state index contributed by atoms with van der Waals surface area (Å²) in [6.07, 6.45) is 11.3. The predicted molar refractivity (Wildman–Crippen MR) is 86.4 cm³/mol. The Balaban J connectivity index is 1.27. The van der Waals surface area contributed by atoms with Gasteiger partial charge in [-0.05, 0) is 12.0 Å². The minimum absolute atomic E-state index is 0.280. The maximum Gasteiger partial charge on any atom is 0.316 e. The molecule has 1 atom stereocenters. The van der Waals surface area contributed by atoms with Gasteiger partial charge in [-0.15, -0.1) is 0 Å². The molecule has 0 radical (unpaired) electrons. The van der Waals surface area contributed by atoms with Gasteiger partial charge in [-0.25, -0.2) is 19.9 Å². The molecule has 0 aliphatic carbocycles. The second-order valence-corrected chi connectivity index (χ2v) is 6.81. The zero-order valence-electron chi connectivity index (χ0n) is 13.8. The third-order valence-electron chi connectivity index (χ3n) is 4.75. The summed E-state index contributed by atoms with van der Waals surface area (Å²) in [6.45, 7) is 3.87. The fraction of sp³-hybridized carbons (Fsp3) is 0.529. The van der Waals surface area contributed by atoms with E-state index in [4.69, 9.17) is 9.47 Å². The molecule has 2 aliphatic heterocycles. The fourth-order valence-corrected chi connectivity index (χ4v) is 3.75. The van der Waals surface area contributed by atoms with Crippen LogP contribution in [0.2, 0.25) is 0 Å². The summed E-state index contributed by atoms with van der Waals surface area (Å²) in [6, 6.07) is 0.413. The molecular formula is C17H21N5O2. The highest BCUT2D eigenvalue weighted by Gasteiger charge is 2.48. The number of rotatable bonds is 5. The van der Waals surface area contributed by atoms with Crippen LogP contribution in [-0.2, 0) is 17.7 Å². The molecule has 2 aromatic heterocycles. The lowest BCUT2D eigenvalue weighted by molar-refractivity contribution is -0.0141. The lowest BCUT2D eigenvalue weighted by atomic mass is 9.77. The summed E-state index contributed by atoms with van der Waals surface area (Å²) in [4.78, 5) is 18.9. The number of ether oxygens (including phenoxy) is 2. The van der Waals surface area contributed by atoms with Gasteiger partial charge in [0.2, 0.25) is 0 Å². The highest BCUT2D eigenvalue weighted by molar-refractivity contribution is 5.11. The molecule has 0 unspecified atom stereocenters. The van der Waals surface area contributed by atoms with Crippen LogP contribution in [0.1, 0.15) is 17.5 Å². The zero-order valence-corrected chi connectivity index (χ0v) is 13.8. The van der Waals surface area contributed by atoms with Crippen LogP contribution in [0.3, 0.4) is 0 Å². The third-order valence-corrected chi connectivity index (χ3v) is 4.75. The highest BCUT2D eigenvalue weighted by Crippen LogP contribution is 2.42. The molecule has 7 nitrogen and oxygen atoms in total. The van der Waals surface area contributed by atoms with Crippen molar-refractivity contribution in [1.29, 1.82) is 0 Å². The summed E-state index contributed by atoms with van der Waals surface area (Å²) in [5.74, 6) is 0. The van der Waals surface area contributed by atoms with Crippen LogP contribution < -0.4 is 4.74 Å². The van der Waals surface area contributed by atoms with Gasteiger partial charge >= 0.3 is 6.01 Å². The summed E-state index contributed by atoms with van der Waals surface area (Å²) >= 11 is 0. The van der Waals surface area contributed by atoms with Crippen LogP contribution >= 0.6 is 0 Å². The molecule has 0 saturated carbocycles. The second-order valence-electron chi connectivity index (χ2n) is 6.81. The second kappa shape index (κ2) is 6.41. The SMILES string of the molecule is COc1ncc(CN2CC3(CO[C@H](Cc4cncnc4)C3)C2)cn1. The zero-order chi connectivity index (χ0) is 16.4. The minimum Gasteiger partial charge on any atom is -0.467 e. The monoisotopic (exact) mass is 327 g/mol. The van der Waals surface area contributed by atoms with E-state index in [0.717, 1.165) is 50.2 Å². The summed E-state index contributed by atoms with van der Waals surface area (Å²) < 4.78 is 11.0. The molecule has 4 heterocycles. The van der Waals surface area contributed by atoms with Crippen LogP contribution in [0.25, 0.3) is 0 Å². The van der Waals surface area contributed by atoms with Crippen molar-refractivity contribution in [3.8, 4) is 6.01 Å². The third kappa shape index (κ3) is 3.22. The summed E-state index contributed by atoms with van der Waals surface area (Å²) in [5.41, 5.74) is 2.57. The maximum atomic E-state index is 6.02. The highest BCUT2D eigenvalue weighted by atomic mass is 16.5. The van der Waals surface area contributed by atoms with Crippen LogP contribution in [0.4, 0.5) is 0 Å². The minimum atomic E-state index is 0.280. The Hall–Kier alpha value is -2.12. The molecule has 4 rings (SSSR count). The number of hydrogen-bond donors (Lipinski definition) is 0. The van der Waals surface area contributed by atoms with Gasteiger partial charge in [0.05, 0.1) is 19.8 Å². The Morgan fingerprint density at radius 1 is 1.17 bits per heavy atom. The molecule has 0 aromatic carbocycles. The van der Waals surface area contributed by atoms with Gasteiger partial charge in [-0.3, -0.25) is 4.90 Å². The van der Waals surface area contributed by atoms with E-state index >= 15 is 0 Å². The number of aromatic nitrogens is 4. The van der Waals surface area contributed by atoms with Gasteiger partial charge in [-0.2, -0.15) is 0 Å². The van der Waals surface area contributed by atoms with Crippen molar-refractivity contribution in [3.05, 3.63) is 42.2 Å².